The Morgan fingerprint density at radius 1 is 1.28 bits per heavy atom. The van der Waals surface area contributed by atoms with Crippen LogP contribution in [0.1, 0.15) is 15.6 Å². The SMILES string of the molecule is Cc1nc(-c2c(C)[nH]c3ccccc23)c(C#N)s1. The minimum atomic E-state index is 0.681. The van der Waals surface area contributed by atoms with Gasteiger partial charge in [0, 0.05) is 22.2 Å². The van der Waals surface area contributed by atoms with E-state index in [2.05, 4.69) is 22.1 Å². The van der Waals surface area contributed by atoms with Crippen LogP contribution < -0.4 is 0 Å². The molecule has 0 fully saturated rings. The summed E-state index contributed by atoms with van der Waals surface area (Å²) in [5.41, 5.74) is 3.99. The fourth-order valence-corrected chi connectivity index (χ4v) is 2.98. The number of hydrogen-bond acceptors (Lipinski definition) is 3. The Hall–Kier alpha value is -2.12. The van der Waals surface area contributed by atoms with Crippen molar-refractivity contribution in [2.24, 2.45) is 0 Å². The zero-order valence-corrected chi connectivity index (χ0v) is 10.9. The van der Waals surface area contributed by atoms with E-state index in [0.717, 1.165) is 32.9 Å². The van der Waals surface area contributed by atoms with Crippen LogP contribution in [-0.4, -0.2) is 9.97 Å². The van der Waals surface area contributed by atoms with Crippen molar-refractivity contribution >= 4 is 22.2 Å². The van der Waals surface area contributed by atoms with Crippen LogP contribution in [0.2, 0.25) is 0 Å². The highest BCUT2D eigenvalue weighted by atomic mass is 32.1. The Balaban J connectivity index is 2.38. The van der Waals surface area contributed by atoms with E-state index in [9.17, 15) is 5.26 Å². The first-order valence-corrected chi connectivity index (χ1v) is 6.47. The van der Waals surface area contributed by atoms with Gasteiger partial charge >= 0.3 is 0 Å². The number of nitrogens with zero attached hydrogens (tertiary/aromatic N) is 2. The molecular formula is C14H11N3S. The summed E-state index contributed by atoms with van der Waals surface area (Å²) in [6, 6.07) is 10.3. The Morgan fingerprint density at radius 3 is 2.83 bits per heavy atom. The van der Waals surface area contributed by atoms with Gasteiger partial charge in [-0.15, -0.1) is 11.3 Å². The van der Waals surface area contributed by atoms with Crippen LogP contribution in [-0.2, 0) is 0 Å². The fraction of sp³-hybridized carbons (Fsp3) is 0.143. The zero-order chi connectivity index (χ0) is 12.7. The van der Waals surface area contributed by atoms with Crippen LogP contribution in [0, 0.1) is 25.2 Å². The molecule has 0 aliphatic carbocycles. The summed E-state index contributed by atoms with van der Waals surface area (Å²) in [5, 5.41) is 11.2. The molecule has 18 heavy (non-hydrogen) atoms. The number of nitriles is 1. The highest BCUT2D eigenvalue weighted by Gasteiger charge is 2.17. The van der Waals surface area contributed by atoms with Gasteiger partial charge in [0.2, 0.25) is 0 Å². The molecule has 0 aliphatic heterocycles. The number of thiazole rings is 1. The molecule has 1 aromatic carbocycles. The van der Waals surface area contributed by atoms with Gasteiger partial charge < -0.3 is 4.98 Å². The lowest BCUT2D eigenvalue weighted by atomic mass is 10.1. The Kier molecular flexibility index (Phi) is 2.42. The van der Waals surface area contributed by atoms with Crippen molar-refractivity contribution < 1.29 is 0 Å². The van der Waals surface area contributed by atoms with Crippen LogP contribution in [0.3, 0.4) is 0 Å². The van der Waals surface area contributed by atoms with Gasteiger partial charge in [-0.05, 0) is 19.9 Å². The molecule has 2 aromatic heterocycles. The molecule has 0 unspecified atom stereocenters. The smallest absolute Gasteiger partial charge is 0.132 e. The fourth-order valence-electron chi connectivity index (χ4n) is 2.25. The van der Waals surface area contributed by atoms with Crippen LogP contribution in [0.5, 0.6) is 0 Å². The summed E-state index contributed by atoms with van der Waals surface area (Å²) in [5.74, 6) is 0. The minimum absolute atomic E-state index is 0.681. The van der Waals surface area contributed by atoms with Gasteiger partial charge in [-0.25, -0.2) is 4.98 Å². The van der Waals surface area contributed by atoms with Crippen LogP contribution in [0.4, 0.5) is 0 Å². The molecule has 3 aromatic rings. The second-order valence-corrected chi connectivity index (χ2v) is 5.40. The molecule has 3 nitrogen and oxygen atoms in total. The van der Waals surface area contributed by atoms with Crippen LogP contribution in [0.25, 0.3) is 22.2 Å². The summed E-state index contributed by atoms with van der Waals surface area (Å²) in [4.78, 5) is 8.53. The summed E-state index contributed by atoms with van der Waals surface area (Å²) < 4.78 is 0. The predicted octanol–water partition coefficient (Wildman–Crippen LogP) is 3.78. The third kappa shape index (κ3) is 1.52. The van der Waals surface area contributed by atoms with E-state index in [4.69, 9.17) is 0 Å². The van der Waals surface area contributed by atoms with Gasteiger partial charge in [-0.3, -0.25) is 0 Å². The van der Waals surface area contributed by atoms with Gasteiger partial charge in [-0.2, -0.15) is 5.26 Å². The number of nitrogens with one attached hydrogen (secondary N) is 1. The van der Waals surface area contributed by atoms with Crippen LogP contribution in [0.15, 0.2) is 24.3 Å². The maximum absolute atomic E-state index is 9.20. The number of aromatic amines is 1. The van der Waals surface area contributed by atoms with Gasteiger partial charge in [0.25, 0.3) is 0 Å². The largest absolute Gasteiger partial charge is 0.358 e. The molecular weight excluding hydrogens is 242 g/mol. The van der Waals surface area contributed by atoms with Crippen molar-refractivity contribution in [1.82, 2.24) is 9.97 Å². The van der Waals surface area contributed by atoms with Crippen molar-refractivity contribution in [1.29, 1.82) is 5.26 Å². The minimum Gasteiger partial charge on any atom is -0.358 e. The monoisotopic (exact) mass is 253 g/mol. The third-order valence-corrected chi connectivity index (χ3v) is 3.84. The maximum atomic E-state index is 9.20. The molecule has 1 N–H and O–H groups in total. The first kappa shape index (κ1) is 11.0. The van der Waals surface area contributed by atoms with Gasteiger partial charge in [0.05, 0.1) is 5.01 Å². The van der Waals surface area contributed by atoms with E-state index in [0.29, 0.717) is 4.88 Å². The second kappa shape index (κ2) is 3.97. The van der Waals surface area contributed by atoms with Gasteiger partial charge in [0.1, 0.15) is 16.6 Å². The number of H-pyrrole nitrogens is 1. The average Bonchev–Trinajstić information content (AvgIpc) is 2.87. The molecule has 3 rings (SSSR count). The molecule has 2 heterocycles. The summed E-state index contributed by atoms with van der Waals surface area (Å²) in [7, 11) is 0. The zero-order valence-electron chi connectivity index (χ0n) is 10.1. The van der Waals surface area contributed by atoms with E-state index in [1.54, 1.807) is 0 Å². The number of benzene rings is 1. The van der Waals surface area contributed by atoms with E-state index in [1.165, 1.54) is 11.3 Å². The topological polar surface area (TPSA) is 52.5 Å². The Bertz CT molecular complexity index is 774. The van der Waals surface area contributed by atoms with E-state index >= 15 is 0 Å². The summed E-state index contributed by atoms with van der Waals surface area (Å²) in [6.07, 6.45) is 0. The predicted molar refractivity (Wildman–Crippen MR) is 73.6 cm³/mol. The lowest BCUT2D eigenvalue weighted by molar-refractivity contribution is 1.26. The normalized spacial score (nSPS) is 10.7. The first-order chi connectivity index (χ1) is 8.70. The number of para-hydroxylation sites is 1. The summed E-state index contributed by atoms with van der Waals surface area (Å²) in [6.45, 7) is 3.95. The van der Waals surface area contributed by atoms with Crippen molar-refractivity contribution in [3.8, 4) is 17.3 Å². The summed E-state index contributed by atoms with van der Waals surface area (Å²) >= 11 is 1.44. The molecule has 4 heteroatoms. The van der Waals surface area contributed by atoms with E-state index in [1.807, 2.05) is 32.0 Å². The number of hydrogen-bond donors (Lipinski definition) is 1. The Morgan fingerprint density at radius 2 is 2.06 bits per heavy atom. The van der Waals surface area contributed by atoms with Gasteiger partial charge in [-0.1, -0.05) is 18.2 Å². The first-order valence-electron chi connectivity index (χ1n) is 5.66. The standard InChI is InChI=1S/C14H11N3S/c1-8-13(10-5-3-4-6-11(10)16-8)14-12(7-15)18-9(2)17-14/h3-6,16H,1-2H3. The number of aryl methyl sites for hydroxylation is 2. The highest BCUT2D eigenvalue weighted by Crippen LogP contribution is 2.35. The van der Waals surface area contributed by atoms with Crippen molar-refractivity contribution in [3.05, 3.63) is 39.8 Å². The van der Waals surface area contributed by atoms with E-state index < -0.39 is 0 Å². The molecule has 0 aliphatic rings. The quantitative estimate of drug-likeness (QED) is 0.717. The average molecular weight is 253 g/mol. The molecule has 0 bridgehead atoms. The highest BCUT2D eigenvalue weighted by molar-refractivity contribution is 7.12. The number of fused-ring (bicyclic) bond motifs is 1. The molecule has 0 amide bonds. The van der Waals surface area contributed by atoms with Crippen molar-refractivity contribution in [2.45, 2.75) is 13.8 Å². The molecule has 88 valence electrons. The van der Waals surface area contributed by atoms with Crippen molar-refractivity contribution in [2.75, 3.05) is 0 Å². The second-order valence-electron chi connectivity index (χ2n) is 4.19. The van der Waals surface area contributed by atoms with Crippen molar-refractivity contribution in [3.63, 3.8) is 0 Å². The molecule has 0 atom stereocenters. The molecule has 0 saturated heterocycles. The number of rotatable bonds is 1. The van der Waals surface area contributed by atoms with Crippen LogP contribution >= 0.6 is 11.3 Å². The molecule has 0 saturated carbocycles. The van der Waals surface area contributed by atoms with E-state index in [-0.39, 0.29) is 0 Å². The Labute approximate surface area is 109 Å². The number of aromatic nitrogens is 2. The third-order valence-electron chi connectivity index (χ3n) is 2.97. The molecule has 0 radical (unpaired) electrons. The maximum Gasteiger partial charge on any atom is 0.132 e. The lowest BCUT2D eigenvalue weighted by Crippen LogP contribution is -1.83. The lowest BCUT2D eigenvalue weighted by Gasteiger charge is -1.97. The van der Waals surface area contributed by atoms with Gasteiger partial charge in [0.15, 0.2) is 0 Å². The molecule has 0 spiro atoms.